The Morgan fingerprint density at radius 2 is 1.52 bits per heavy atom. The average molecular weight is 429 g/mol. The van der Waals surface area contributed by atoms with Crippen molar-refractivity contribution in [2.24, 2.45) is 0 Å². The van der Waals surface area contributed by atoms with Crippen LogP contribution in [0.1, 0.15) is 42.0 Å². The Labute approximate surface area is 185 Å². The second-order valence-electron chi connectivity index (χ2n) is 6.66. The molecule has 168 valence electrons. The maximum atomic E-state index is 13.9. The monoisotopic (exact) mass is 428 g/mol. The molecule has 2 aromatic carbocycles. The molecule has 31 heavy (non-hydrogen) atoms. The largest absolute Gasteiger partial charge is 0.382 e. The molecular formula is C25H34F2N4. The molecule has 0 bridgehead atoms. The van der Waals surface area contributed by atoms with Crippen molar-refractivity contribution in [2.45, 2.75) is 46.6 Å². The second kappa shape index (κ2) is 12.6. The van der Waals surface area contributed by atoms with Gasteiger partial charge in [0.25, 0.3) is 0 Å². The van der Waals surface area contributed by atoms with Gasteiger partial charge in [-0.25, -0.2) is 18.7 Å². The number of hydrogen-bond acceptors (Lipinski definition) is 4. The molecule has 0 radical (unpaired) electrons. The number of rotatable bonds is 4. The number of nitrogens with zero attached hydrogens (tertiary/aromatic N) is 3. The van der Waals surface area contributed by atoms with Crippen LogP contribution < -0.4 is 10.2 Å². The number of benzene rings is 2. The molecule has 1 aliphatic rings. The fraction of sp³-hybridized carbons (Fsp3) is 0.360. The Morgan fingerprint density at radius 3 is 2.10 bits per heavy atom. The maximum Gasteiger partial charge on any atom is 0.225 e. The van der Waals surface area contributed by atoms with Gasteiger partial charge in [0.1, 0.15) is 11.6 Å². The molecule has 6 heteroatoms. The van der Waals surface area contributed by atoms with Crippen LogP contribution in [-0.4, -0.2) is 29.1 Å². The molecule has 0 aliphatic carbocycles. The summed E-state index contributed by atoms with van der Waals surface area (Å²) in [6, 6.07) is 13.4. The van der Waals surface area contributed by atoms with Gasteiger partial charge >= 0.3 is 0 Å². The van der Waals surface area contributed by atoms with E-state index in [0.29, 0.717) is 11.6 Å². The second-order valence-corrected chi connectivity index (χ2v) is 6.66. The van der Waals surface area contributed by atoms with E-state index in [1.807, 2.05) is 58.0 Å². The third kappa shape index (κ3) is 6.74. The smallest absolute Gasteiger partial charge is 0.225 e. The summed E-state index contributed by atoms with van der Waals surface area (Å²) in [5.74, 6) is -0.338. The Bertz CT molecular complexity index is 900. The van der Waals surface area contributed by atoms with E-state index >= 15 is 0 Å². The highest BCUT2D eigenvalue weighted by molar-refractivity contribution is 5.66. The minimum Gasteiger partial charge on any atom is -0.382 e. The third-order valence-electron chi connectivity index (χ3n) is 4.83. The zero-order chi connectivity index (χ0) is 22.6. The summed E-state index contributed by atoms with van der Waals surface area (Å²) in [6.45, 7) is 9.81. The predicted octanol–water partition coefficient (Wildman–Crippen LogP) is 6.80. The number of nitrogens with one attached hydrogen (secondary N) is 1. The molecule has 1 N–H and O–H groups in total. The highest BCUT2D eigenvalue weighted by Crippen LogP contribution is 2.26. The Morgan fingerprint density at radius 1 is 0.903 bits per heavy atom. The summed E-state index contributed by atoms with van der Waals surface area (Å²) in [5.41, 5.74) is 2.13. The lowest BCUT2D eigenvalue weighted by atomic mass is 10.0. The first-order valence-electron chi connectivity index (χ1n) is 11.0. The topological polar surface area (TPSA) is 41.0 Å². The van der Waals surface area contributed by atoms with Gasteiger partial charge in [-0.05, 0) is 48.7 Å². The van der Waals surface area contributed by atoms with E-state index in [4.69, 9.17) is 0 Å². The fourth-order valence-electron chi connectivity index (χ4n) is 3.38. The van der Waals surface area contributed by atoms with Crippen molar-refractivity contribution in [3.63, 3.8) is 0 Å². The molecule has 0 amide bonds. The summed E-state index contributed by atoms with van der Waals surface area (Å²) in [5, 5.41) is 3.53. The van der Waals surface area contributed by atoms with Gasteiger partial charge in [-0.3, -0.25) is 0 Å². The predicted molar refractivity (Wildman–Crippen MR) is 127 cm³/mol. The standard InChI is InChI=1S/C21H20F2N4.2C2H6.H2/c22-16-4-7-19(20(23)14-16)15-2-5-17(6-3-15)26-18-8-12-27(13-9-18)21-24-10-1-11-25-21;2*1-2;/h1-7,10-11,14,18,26H,8-9,12-13H2;2*1-2H3;1H. The summed E-state index contributed by atoms with van der Waals surface area (Å²) in [7, 11) is 0. The van der Waals surface area contributed by atoms with Crippen molar-refractivity contribution in [1.29, 1.82) is 0 Å². The quantitative estimate of drug-likeness (QED) is 0.496. The number of hydrogen-bond donors (Lipinski definition) is 1. The first-order valence-corrected chi connectivity index (χ1v) is 11.0. The van der Waals surface area contributed by atoms with Crippen LogP contribution in [0, 0.1) is 11.6 Å². The number of halogens is 2. The molecule has 0 saturated carbocycles. The molecule has 4 rings (SSSR count). The van der Waals surface area contributed by atoms with Crippen molar-refractivity contribution in [3.8, 4) is 11.1 Å². The lowest BCUT2D eigenvalue weighted by Crippen LogP contribution is -2.39. The van der Waals surface area contributed by atoms with Gasteiger partial charge < -0.3 is 10.2 Å². The average Bonchev–Trinajstić information content (AvgIpc) is 2.83. The molecule has 4 nitrogen and oxygen atoms in total. The van der Waals surface area contributed by atoms with E-state index in [1.54, 1.807) is 12.4 Å². The Kier molecular flexibility index (Phi) is 9.88. The molecule has 1 aromatic heterocycles. The lowest BCUT2D eigenvalue weighted by molar-refractivity contribution is 0.520. The normalized spacial score (nSPS) is 13.4. The minimum atomic E-state index is -0.568. The third-order valence-corrected chi connectivity index (χ3v) is 4.83. The van der Waals surface area contributed by atoms with Gasteiger partial charge in [0.15, 0.2) is 0 Å². The van der Waals surface area contributed by atoms with Gasteiger partial charge in [-0.1, -0.05) is 39.8 Å². The zero-order valence-electron chi connectivity index (χ0n) is 18.8. The van der Waals surface area contributed by atoms with E-state index in [-0.39, 0.29) is 1.43 Å². The Balaban J connectivity index is 0.000000971. The van der Waals surface area contributed by atoms with Crippen LogP contribution in [0.25, 0.3) is 11.1 Å². The first-order chi connectivity index (χ1) is 15.2. The van der Waals surface area contributed by atoms with E-state index in [0.717, 1.165) is 49.2 Å². The van der Waals surface area contributed by atoms with Crippen molar-refractivity contribution in [3.05, 3.63) is 72.6 Å². The maximum absolute atomic E-state index is 13.9. The summed E-state index contributed by atoms with van der Waals surface area (Å²) < 4.78 is 27.0. The van der Waals surface area contributed by atoms with Crippen LogP contribution in [0.4, 0.5) is 20.4 Å². The summed E-state index contributed by atoms with van der Waals surface area (Å²) in [4.78, 5) is 10.8. The van der Waals surface area contributed by atoms with E-state index in [1.165, 1.54) is 12.1 Å². The van der Waals surface area contributed by atoms with Crippen molar-refractivity contribution in [2.75, 3.05) is 23.3 Å². The molecule has 1 aliphatic heterocycles. The van der Waals surface area contributed by atoms with Crippen molar-refractivity contribution in [1.82, 2.24) is 9.97 Å². The van der Waals surface area contributed by atoms with Crippen LogP contribution in [-0.2, 0) is 0 Å². The van der Waals surface area contributed by atoms with Crippen LogP contribution in [0.3, 0.4) is 0 Å². The summed E-state index contributed by atoms with van der Waals surface area (Å²) in [6.07, 6.45) is 5.51. The molecule has 0 spiro atoms. The van der Waals surface area contributed by atoms with Gasteiger partial charge in [-0.2, -0.15) is 0 Å². The SMILES string of the molecule is CC.CC.Fc1ccc(-c2ccc(NC3CCN(c4ncccn4)CC3)cc2)c(F)c1.[HH]. The molecular weight excluding hydrogens is 394 g/mol. The van der Waals surface area contributed by atoms with Crippen LogP contribution in [0.5, 0.6) is 0 Å². The van der Waals surface area contributed by atoms with Gasteiger partial charge in [0.2, 0.25) is 5.95 Å². The molecule has 2 heterocycles. The first kappa shape index (κ1) is 24.3. The van der Waals surface area contributed by atoms with Crippen LogP contribution in [0.15, 0.2) is 60.9 Å². The van der Waals surface area contributed by atoms with Crippen molar-refractivity contribution >= 4 is 11.6 Å². The molecule has 0 unspecified atom stereocenters. The lowest BCUT2D eigenvalue weighted by Gasteiger charge is -2.32. The fourth-order valence-corrected chi connectivity index (χ4v) is 3.38. The van der Waals surface area contributed by atoms with Gasteiger partial charge in [0.05, 0.1) is 0 Å². The Hall–Kier alpha value is -3.02. The molecule has 3 aromatic rings. The van der Waals surface area contributed by atoms with Gasteiger partial charge in [-0.15, -0.1) is 0 Å². The van der Waals surface area contributed by atoms with Crippen LogP contribution >= 0.6 is 0 Å². The van der Waals surface area contributed by atoms with E-state index in [2.05, 4.69) is 20.2 Å². The number of anilines is 2. The molecule has 1 saturated heterocycles. The van der Waals surface area contributed by atoms with E-state index in [9.17, 15) is 8.78 Å². The minimum absolute atomic E-state index is 0. The van der Waals surface area contributed by atoms with Crippen molar-refractivity contribution < 1.29 is 10.2 Å². The number of piperidine rings is 1. The van der Waals surface area contributed by atoms with Gasteiger partial charge in [0, 0.05) is 50.3 Å². The zero-order valence-corrected chi connectivity index (χ0v) is 18.8. The van der Waals surface area contributed by atoms with E-state index < -0.39 is 11.6 Å². The van der Waals surface area contributed by atoms with Crippen LogP contribution in [0.2, 0.25) is 0 Å². The summed E-state index contributed by atoms with van der Waals surface area (Å²) >= 11 is 0. The molecule has 0 atom stereocenters. The highest BCUT2D eigenvalue weighted by Gasteiger charge is 2.20. The highest BCUT2D eigenvalue weighted by atomic mass is 19.1. The molecule has 1 fully saturated rings. The number of aromatic nitrogens is 2.